The monoisotopic (exact) mass is 356 g/mol. The second-order valence-electron chi connectivity index (χ2n) is 6.06. The van der Waals surface area contributed by atoms with Crippen molar-refractivity contribution in [3.05, 3.63) is 48.0 Å². The Labute approximate surface area is 153 Å². The Hall–Kier alpha value is -3.02. The Bertz CT molecular complexity index is 804. The number of hydrogen-bond donors (Lipinski definition) is 1. The topological polar surface area (TPSA) is 81.9 Å². The third-order valence-corrected chi connectivity index (χ3v) is 4.15. The molecule has 6 heteroatoms. The van der Waals surface area contributed by atoms with Crippen LogP contribution in [-0.4, -0.2) is 26.0 Å². The maximum Gasteiger partial charge on any atom is 0.234 e. The summed E-state index contributed by atoms with van der Waals surface area (Å²) in [4.78, 5) is 26.0. The molecule has 2 N–H and O–H groups in total. The molecule has 1 unspecified atom stereocenters. The molecule has 0 bridgehead atoms. The molecule has 2 aromatic carbocycles. The molecule has 0 aliphatic carbocycles. The first-order valence-corrected chi connectivity index (χ1v) is 8.28. The minimum Gasteiger partial charge on any atom is -0.497 e. The second-order valence-corrected chi connectivity index (χ2v) is 6.06. The Kier molecular flexibility index (Phi) is 6.22. The van der Waals surface area contributed by atoms with Crippen molar-refractivity contribution in [2.24, 2.45) is 0 Å². The van der Waals surface area contributed by atoms with Gasteiger partial charge in [0, 0.05) is 25.1 Å². The number of amides is 2. The van der Waals surface area contributed by atoms with Gasteiger partial charge in [0.1, 0.15) is 11.5 Å². The summed E-state index contributed by atoms with van der Waals surface area (Å²) in [6.07, 6.45) is 0.150. The summed E-state index contributed by atoms with van der Waals surface area (Å²) in [5.74, 6) is 0.520. The van der Waals surface area contributed by atoms with Crippen molar-refractivity contribution in [3.63, 3.8) is 0 Å². The molecule has 0 radical (unpaired) electrons. The fourth-order valence-corrected chi connectivity index (χ4v) is 2.85. The molecule has 26 heavy (non-hydrogen) atoms. The van der Waals surface area contributed by atoms with Gasteiger partial charge in [-0.25, -0.2) is 0 Å². The van der Waals surface area contributed by atoms with Crippen LogP contribution >= 0.6 is 0 Å². The number of methoxy groups -OCH3 is 2. The molecule has 0 saturated heterocycles. The highest BCUT2D eigenvalue weighted by molar-refractivity contribution is 6.14. The fourth-order valence-electron chi connectivity index (χ4n) is 2.85. The molecule has 1 atom stereocenters. The summed E-state index contributed by atoms with van der Waals surface area (Å²) in [6, 6.07) is 12.2. The van der Waals surface area contributed by atoms with E-state index in [0.29, 0.717) is 22.9 Å². The van der Waals surface area contributed by atoms with Crippen LogP contribution < -0.4 is 20.1 Å². The summed E-state index contributed by atoms with van der Waals surface area (Å²) in [5.41, 5.74) is 7.61. The lowest BCUT2D eigenvalue weighted by molar-refractivity contribution is -0.125. The average Bonchev–Trinajstić information content (AvgIpc) is 2.60. The Morgan fingerprint density at radius 2 is 1.85 bits per heavy atom. The predicted octanol–water partition coefficient (Wildman–Crippen LogP) is 3.36. The van der Waals surface area contributed by atoms with Gasteiger partial charge in [-0.05, 0) is 35.7 Å². The van der Waals surface area contributed by atoms with E-state index in [2.05, 4.69) is 0 Å². The lowest BCUT2D eigenvalue weighted by Crippen LogP contribution is -2.35. The van der Waals surface area contributed by atoms with E-state index in [1.165, 1.54) is 6.92 Å². The molecule has 2 aromatic rings. The normalized spacial score (nSPS) is 11.5. The van der Waals surface area contributed by atoms with Crippen LogP contribution in [0.4, 0.5) is 11.4 Å². The molecule has 2 rings (SSSR count). The molecular weight excluding hydrogens is 332 g/mol. The quantitative estimate of drug-likeness (QED) is 0.803. The number of anilines is 2. The number of carbonyl (C=O) groups is 2. The van der Waals surface area contributed by atoms with Gasteiger partial charge in [0.25, 0.3) is 0 Å². The number of hydrogen-bond acceptors (Lipinski definition) is 5. The van der Waals surface area contributed by atoms with E-state index in [9.17, 15) is 9.59 Å². The van der Waals surface area contributed by atoms with Crippen molar-refractivity contribution in [2.75, 3.05) is 24.9 Å². The van der Waals surface area contributed by atoms with Crippen LogP contribution in [0.3, 0.4) is 0 Å². The Balaban J connectivity index is 2.25. The van der Waals surface area contributed by atoms with Crippen molar-refractivity contribution in [3.8, 4) is 11.5 Å². The number of benzene rings is 2. The Morgan fingerprint density at radius 3 is 2.42 bits per heavy atom. The van der Waals surface area contributed by atoms with Gasteiger partial charge in [0.2, 0.25) is 11.8 Å². The van der Waals surface area contributed by atoms with Crippen molar-refractivity contribution in [1.82, 2.24) is 0 Å². The summed E-state index contributed by atoms with van der Waals surface area (Å²) in [6.45, 7) is 3.28. The number of nitrogen functional groups attached to an aromatic ring is 1. The molecule has 0 aliphatic rings. The predicted molar refractivity (Wildman–Crippen MR) is 102 cm³/mol. The van der Waals surface area contributed by atoms with E-state index >= 15 is 0 Å². The number of imide groups is 1. The molecule has 0 heterocycles. The van der Waals surface area contributed by atoms with E-state index in [-0.39, 0.29) is 24.2 Å². The van der Waals surface area contributed by atoms with Crippen molar-refractivity contribution >= 4 is 23.2 Å². The van der Waals surface area contributed by atoms with Crippen molar-refractivity contribution in [1.29, 1.82) is 0 Å². The highest BCUT2D eigenvalue weighted by Gasteiger charge is 2.24. The molecule has 2 amide bonds. The average molecular weight is 356 g/mol. The van der Waals surface area contributed by atoms with E-state index in [1.807, 2.05) is 19.1 Å². The number of nitrogens with two attached hydrogens (primary N) is 1. The second kappa shape index (κ2) is 8.38. The smallest absolute Gasteiger partial charge is 0.234 e. The number of rotatable bonds is 6. The van der Waals surface area contributed by atoms with Gasteiger partial charge in [-0.2, -0.15) is 0 Å². The lowest BCUT2D eigenvalue weighted by Gasteiger charge is -2.22. The first-order chi connectivity index (χ1) is 12.4. The van der Waals surface area contributed by atoms with Crippen LogP contribution in [0, 0.1) is 0 Å². The molecule has 0 fully saturated rings. The van der Waals surface area contributed by atoms with Gasteiger partial charge >= 0.3 is 0 Å². The van der Waals surface area contributed by atoms with Gasteiger partial charge < -0.3 is 15.2 Å². The minimum atomic E-state index is -0.352. The van der Waals surface area contributed by atoms with Gasteiger partial charge in [-0.3, -0.25) is 14.5 Å². The molecule has 0 saturated carbocycles. The zero-order valence-corrected chi connectivity index (χ0v) is 15.5. The fraction of sp³-hybridized carbons (Fsp3) is 0.300. The highest BCUT2D eigenvalue weighted by Crippen LogP contribution is 2.33. The van der Waals surface area contributed by atoms with Crippen LogP contribution in [0.25, 0.3) is 0 Å². The molecule has 0 spiro atoms. The highest BCUT2D eigenvalue weighted by atomic mass is 16.5. The summed E-state index contributed by atoms with van der Waals surface area (Å²) < 4.78 is 10.6. The summed E-state index contributed by atoms with van der Waals surface area (Å²) in [5, 5.41) is 0. The minimum absolute atomic E-state index is 0.147. The first-order valence-electron chi connectivity index (χ1n) is 8.28. The Morgan fingerprint density at radius 1 is 1.12 bits per heavy atom. The zero-order valence-electron chi connectivity index (χ0n) is 15.5. The van der Waals surface area contributed by atoms with E-state index in [0.717, 1.165) is 10.5 Å². The van der Waals surface area contributed by atoms with Crippen LogP contribution in [0.2, 0.25) is 0 Å². The molecule has 0 aromatic heterocycles. The SMILES string of the molecule is COc1ccc(C(C)CC(=O)N(C(C)=O)c2cccc(N)c2)c(OC)c1. The van der Waals surface area contributed by atoms with Gasteiger partial charge in [-0.15, -0.1) is 0 Å². The maximum absolute atomic E-state index is 12.8. The standard InChI is InChI=1S/C20H24N2O4/c1-13(18-9-8-17(25-3)12-19(18)26-4)10-20(24)22(14(2)23)16-7-5-6-15(21)11-16/h5-9,11-13H,10,21H2,1-4H3. The van der Waals surface area contributed by atoms with Gasteiger partial charge in [0.05, 0.1) is 19.9 Å². The van der Waals surface area contributed by atoms with E-state index < -0.39 is 0 Å². The summed E-state index contributed by atoms with van der Waals surface area (Å²) >= 11 is 0. The van der Waals surface area contributed by atoms with Crippen LogP contribution in [0.5, 0.6) is 11.5 Å². The first kappa shape index (κ1) is 19.3. The van der Waals surface area contributed by atoms with E-state index in [1.54, 1.807) is 44.6 Å². The lowest BCUT2D eigenvalue weighted by atomic mass is 9.95. The van der Waals surface area contributed by atoms with Crippen LogP contribution in [-0.2, 0) is 9.59 Å². The maximum atomic E-state index is 12.8. The third-order valence-electron chi connectivity index (χ3n) is 4.15. The van der Waals surface area contributed by atoms with Gasteiger partial charge in [0.15, 0.2) is 0 Å². The largest absolute Gasteiger partial charge is 0.497 e. The van der Waals surface area contributed by atoms with Crippen LogP contribution in [0.1, 0.15) is 31.7 Å². The van der Waals surface area contributed by atoms with E-state index in [4.69, 9.17) is 15.2 Å². The molecular formula is C20H24N2O4. The molecule has 6 nitrogen and oxygen atoms in total. The van der Waals surface area contributed by atoms with Crippen molar-refractivity contribution < 1.29 is 19.1 Å². The van der Waals surface area contributed by atoms with Crippen LogP contribution in [0.15, 0.2) is 42.5 Å². The molecule has 0 aliphatic heterocycles. The zero-order chi connectivity index (χ0) is 19.3. The third kappa shape index (κ3) is 4.33. The van der Waals surface area contributed by atoms with Gasteiger partial charge in [-0.1, -0.05) is 19.1 Å². The summed E-state index contributed by atoms with van der Waals surface area (Å²) in [7, 11) is 3.15. The number of nitrogens with zero attached hydrogens (tertiary/aromatic N) is 1. The number of carbonyl (C=O) groups excluding carboxylic acids is 2. The number of ether oxygens (including phenoxy) is 2. The molecule has 138 valence electrons. The van der Waals surface area contributed by atoms with Crippen molar-refractivity contribution in [2.45, 2.75) is 26.2 Å².